The van der Waals surface area contributed by atoms with Gasteiger partial charge in [-0.2, -0.15) is 0 Å². The number of nitrogens with one attached hydrogen (secondary N) is 1. The maximum Gasteiger partial charge on any atom is 0.269 e. The van der Waals surface area contributed by atoms with Crippen LogP contribution in [0.15, 0.2) is 18.2 Å². The molecule has 3 rings (SSSR count). The maximum absolute atomic E-state index is 10.9. The Kier molecular flexibility index (Phi) is 3.05. The fourth-order valence-corrected chi connectivity index (χ4v) is 3.74. The number of nitro groups is 1. The minimum atomic E-state index is -0.306. The average molecular weight is 260 g/mol. The zero-order valence-corrected chi connectivity index (χ0v) is 11.3. The molecule has 0 radical (unpaired) electrons. The highest BCUT2D eigenvalue weighted by atomic mass is 16.6. The topological polar surface area (TPSA) is 55.2 Å². The monoisotopic (exact) mass is 260 g/mol. The largest absolute Gasteiger partial charge is 0.307 e. The van der Waals surface area contributed by atoms with Gasteiger partial charge in [-0.25, -0.2) is 0 Å². The van der Waals surface area contributed by atoms with Gasteiger partial charge in [-0.3, -0.25) is 10.1 Å². The van der Waals surface area contributed by atoms with E-state index in [1.165, 1.54) is 31.2 Å². The van der Waals surface area contributed by atoms with Crippen LogP contribution in [0.5, 0.6) is 0 Å². The van der Waals surface area contributed by atoms with E-state index in [9.17, 15) is 10.1 Å². The quantitative estimate of drug-likeness (QED) is 0.623. The summed E-state index contributed by atoms with van der Waals surface area (Å²) in [5.74, 6) is 0.595. The highest BCUT2D eigenvalue weighted by molar-refractivity contribution is 5.41. The van der Waals surface area contributed by atoms with E-state index in [0.717, 1.165) is 18.5 Å². The van der Waals surface area contributed by atoms with Crippen molar-refractivity contribution in [3.05, 3.63) is 39.4 Å². The van der Waals surface area contributed by atoms with Gasteiger partial charge >= 0.3 is 0 Å². The van der Waals surface area contributed by atoms with E-state index in [-0.39, 0.29) is 16.1 Å². The van der Waals surface area contributed by atoms with Crippen molar-refractivity contribution < 1.29 is 4.92 Å². The van der Waals surface area contributed by atoms with Gasteiger partial charge in [-0.15, -0.1) is 0 Å². The van der Waals surface area contributed by atoms with Crippen LogP contribution in [0.1, 0.15) is 43.7 Å². The Morgan fingerprint density at radius 1 is 1.32 bits per heavy atom. The second-order valence-corrected chi connectivity index (χ2v) is 6.03. The lowest BCUT2D eigenvalue weighted by atomic mass is 9.80. The van der Waals surface area contributed by atoms with Crippen molar-refractivity contribution in [2.45, 2.75) is 51.1 Å². The fourth-order valence-electron chi connectivity index (χ4n) is 3.74. The molecule has 1 spiro atoms. The molecule has 0 amide bonds. The van der Waals surface area contributed by atoms with Gasteiger partial charge in [0.15, 0.2) is 0 Å². The number of fused-ring (bicyclic) bond motifs is 1. The van der Waals surface area contributed by atoms with Crippen molar-refractivity contribution >= 4 is 5.69 Å². The van der Waals surface area contributed by atoms with Gasteiger partial charge in [0.2, 0.25) is 0 Å². The smallest absolute Gasteiger partial charge is 0.269 e. The number of nitro benzene ring substituents is 1. The van der Waals surface area contributed by atoms with Crippen LogP contribution in [0.3, 0.4) is 0 Å². The summed E-state index contributed by atoms with van der Waals surface area (Å²) in [5.41, 5.74) is 2.84. The SMILES string of the molecule is CC1Cc2ccc([N+](=O)[O-])cc2CNC12CCCC2. The van der Waals surface area contributed by atoms with Gasteiger partial charge < -0.3 is 5.32 Å². The first-order chi connectivity index (χ1) is 9.11. The molecule has 0 bridgehead atoms. The first-order valence-electron chi connectivity index (χ1n) is 7.12. The second-order valence-electron chi connectivity index (χ2n) is 6.03. The van der Waals surface area contributed by atoms with Crippen LogP contribution in [-0.2, 0) is 13.0 Å². The highest BCUT2D eigenvalue weighted by Gasteiger charge is 2.40. The molecule has 1 aromatic carbocycles. The molecule has 1 saturated carbocycles. The van der Waals surface area contributed by atoms with E-state index < -0.39 is 0 Å². The summed E-state index contributed by atoms with van der Waals surface area (Å²) >= 11 is 0. The molecule has 2 aliphatic rings. The van der Waals surface area contributed by atoms with Crippen LogP contribution in [0, 0.1) is 16.0 Å². The third-order valence-electron chi connectivity index (χ3n) is 5.00. The molecule has 0 aromatic heterocycles. The first-order valence-corrected chi connectivity index (χ1v) is 7.12. The van der Waals surface area contributed by atoms with Crippen molar-refractivity contribution in [3.63, 3.8) is 0 Å². The Morgan fingerprint density at radius 3 is 2.74 bits per heavy atom. The van der Waals surface area contributed by atoms with Gasteiger partial charge in [-0.1, -0.05) is 25.8 Å². The Labute approximate surface area is 113 Å². The Balaban J connectivity index is 1.92. The summed E-state index contributed by atoms with van der Waals surface area (Å²) in [5, 5.41) is 14.6. The van der Waals surface area contributed by atoms with Crippen LogP contribution in [-0.4, -0.2) is 10.5 Å². The zero-order valence-electron chi connectivity index (χ0n) is 11.3. The lowest BCUT2D eigenvalue weighted by Crippen LogP contribution is -2.47. The maximum atomic E-state index is 10.9. The van der Waals surface area contributed by atoms with Crippen molar-refractivity contribution in [2.75, 3.05) is 0 Å². The third kappa shape index (κ3) is 2.14. The molecule has 1 N–H and O–H groups in total. The van der Waals surface area contributed by atoms with E-state index >= 15 is 0 Å². The van der Waals surface area contributed by atoms with Crippen LogP contribution in [0.2, 0.25) is 0 Å². The van der Waals surface area contributed by atoms with E-state index in [1.807, 2.05) is 6.07 Å². The Bertz CT molecular complexity index is 507. The number of hydrogen-bond acceptors (Lipinski definition) is 3. The predicted molar refractivity (Wildman–Crippen MR) is 74.0 cm³/mol. The van der Waals surface area contributed by atoms with Gasteiger partial charge in [0.25, 0.3) is 5.69 Å². The molecule has 0 saturated heterocycles. The molecular formula is C15H20N2O2. The summed E-state index contributed by atoms with van der Waals surface area (Å²) in [6.07, 6.45) is 6.11. The van der Waals surface area contributed by atoms with E-state index in [0.29, 0.717) is 5.92 Å². The van der Waals surface area contributed by atoms with Crippen LogP contribution in [0.25, 0.3) is 0 Å². The summed E-state index contributed by atoms with van der Waals surface area (Å²) in [6.45, 7) is 3.08. The molecular weight excluding hydrogens is 240 g/mol. The molecule has 1 aliphatic carbocycles. The molecule has 4 nitrogen and oxygen atoms in total. The molecule has 4 heteroatoms. The molecule has 102 valence electrons. The minimum absolute atomic E-state index is 0.204. The highest BCUT2D eigenvalue weighted by Crippen LogP contribution is 2.40. The van der Waals surface area contributed by atoms with Crippen LogP contribution < -0.4 is 5.32 Å². The normalized spacial score (nSPS) is 25.0. The zero-order chi connectivity index (χ0) is 13.5. The summed E-state index contributed by atoms with van der Waals surface area (Å²) in [7, 11) is 0. The number of rotatable bonds is 1. The average Bonchev–Trinajstić information content (AvgIpc) is 2.82. The summed E-state index contributed by atoms with van der Waals surface area (Å²) in [4.78, 5) is 10.6. The van der Waals surface area contributed by atoms with Crippen molar-refractivity contribution in [2.24, 2.45) is 5.92 Å². The molecule has 1 aromatic rings. The Morgan fingerprint density at radius 2 is 2.05 bits per heavy atom. The molecule has 19 heavy (non-hydrogen) atoms. The molecule has 1 unspecified atom stereocenters. The molecule has 1 fully saturated rings. The number of non-ortho nitro benzene ring substituents is 1. The second kappa shape index (κ2) is 4.60. The fraction of sp³-hybridized carbons (Fsp3) is 0.600. The molecule has 1 heterocycles. The third-order valence-corrected chi connectivity index (χ3v) is 5.00. The van der Waals surface area contributed by atoms with E-state index in [1.54, 1.807) is 12.1 Å². The van der Waals surface area contributed by atoms with Crippen molar-refractivity contribution in [1.82, 2.24) is 5.32 Å². The number of hydrogen-bond donors (Lipinski definition) is 1. The Hall–Kier alpha value is -1.42. The molecule has 1 atom stereocenters. The van der Waals surface area contributed by atoms with Gasteiger partial charge in [-0.05, 0) is 36.3 Å². The van der Waals surface area contributed by atoms with E-state index in [2.05, 4.69) is 12.2 Å². The van der Waals surface area contributed by atoms with Crippen molar-refractivity contribution in [3.8, 4) is 0 Å². The summed E-state index contributed by atoms with van der Waals surface area (Å²) in [6, 6.07) is 5.32. The van der Waals surface area contributed by atoms with Crippen molar-refractivity contribution in [1.29, 1.82) is 0 Å². The molecule has 1 aliphatic heterocycles. The van der Waals surface area contributed by atoms with E-state index in [4.69, 9.17) is 0 Å². The number of benzene rings is 1. The minimum Gasteiger partial charge on any atom is -0.307 e. The van der Waals surface area contributed by atoms with Gasteiger partial charge in [0.05, 0.1) is 4.92 Å². The summed E-state index contributed by atoms with van der Waals surface area (Å²) < 4.78 is 0. The van der Waals surface area contributed by atoms with Crippen LogP contribution in [0.4, 0.5) is 5.69 Å². The first kappa shape index (κ1) is 12.6. The lowest BCUT2D eigenvalue weighted by molar-refractivity contribution is -0.384. The van der Waals surface area contributed by atoms with Crippen LogP contribution >= 0.6 is 0 Å². The van der Waals surface area contributed by atoms with Gasteiger partial charge in [0, 0.05) is 24.2 Å². The number of nitrogens with zero attached hydrogens (tertiary/aromatic N) is 1. The predicted octanol–water partition coefficient (Wildman–Crippen LogP) is 3.19. The lowest BCUT2D eigenvalue weighted by Gasteiger charge is -2.35. The standard InChI is InChI=1S/C15H20N2O2/c1-11-8-12-4-5-14(17(18)19)9-13(12)10-16-15(11)6-2-3-7-15/h4-5,9,11,16H,2-3,6-8,10H2,1H3. The van der Waals surface area contributed by atoms with Gasteiger partial charge in [0.1, 0.15) is 0 Å².